The summed E-state index contributed by atoms with van der Waals surface area (Å²) in [4.78, 5) is 0. The normalized spacial score (nSPS) is 18.8. The molecule has 1 aliphatic rings. The van der Waals surface area contributed by atoms with Crippen molar-refractivity contribution >= 4 is 5.71 Å². The molecule has 1 heteroatoms. The van der Waals surface area contributed by atoms with Crippen LogP contribution in [0, 0.1) is 17.2 Å². The van der Waals surface area contributed by atoms with Crippen molar-refractivity contribution in [3.8, 4) is 0 Å². The first-order valence-electron chi connectivity index (χ1n) is 7.35. The Morgan fingerprint density at radius 2 is 1.82 bits per heavy atom. The first kappa shape index (κ1) is 14.5. The topological polar surface area (TPSA) is 23.9 Å². The van der Waals surface area contributed by atoms with Crippen LogP contribution in [0.25, 0.3) is 0 Å². The Morgan fingerprint density at radius 1 is 1.18 bits per heavy atom. The van der Waals surface area contributed by atoms with E-state index < -0.39 is 0 Å². The van der Waals surface area contributed by atoms with Gasteiger partial charge < -0.3 is 5.41 Å². The standard InChI is InChI=1S/C16H29N/c1-5-7-15(11-10-14-8-9-14)16(13(4)17)12(3)6-2/h14-15,17H,5-11H2,1-4H3. The molecule has 1 saturated carbocycles. The average Bonchev–Trinajstić information content (AvgIpc) is 3.09. The van der Waals surface area contributed by atoms with Gasteiger partial charge in [-0.15, -0.1) is 0 Å². The average molecular weight is 235 g/mol. The van der Waals surface area contributed by atoms with Crippen LogP contribution in [0.1, 0.15) is 72.6 Å². The van der Waals surface area contributed by atoms with E-state index in [0.717, 1.165) is 18.1 Å². The Labute approximate surface area is 107 Å². The highest BCUT2D eigenvalue weighted by Crippen LogP contribution is 2.37. The molecule has 0 heterocycles. The number of hydrogen-bond acceptors (Lipinski definition) is 1. The van der Waals surface area contributed by atoms with Gasteiger partial charge in [-0.2, -0.15) is 0 Å². The first-order chi connectivity index (χ1) is 8.10. The molecule has 1 aliphatic carbocycles. The van der Waals surface area contributed by atoms with Crippen molar-refractivity contribution in [1.29, 1.82) is 5.41 Å². The summed E-state index contributed by atoms with van der Waals surface area (Å²) in [6.45, 7) is 8.66. The van der Waals surface area contributed by atoms with E-state index in [1.807, 2.05) is 6.92 Å². The Balaban J connectivity index is 2.71. The van der Waals surface area contributed by atoms with Gasteiger partial charge in [-0.1, -0.05) is 38.7 Å². The molecule has 98 valence electrons. The molecular formula is C16H29N. The van der Waals surface area contributed by atoms with Gasteiger partial charge in [-0.05, 0) is 56.9 Å². The predicted molar refractivity (Wildman–Crippen MR) is 76.7 cm³/mol. The third-order valence-corrected chi connectivity index (χ3v) is 4.06. The fraction of sp³-hybridized carbons (Fsp3) is 0.812. The van der Waals surface area contributed by atoms with E-state index >= 15 is 0 Å². The molecule has 0 bridgehead atoms. The van der Waals surface area contributed by atoms with E-state index in [2.05, 4.69) is 20.8 Å². The van der Waals surface area contributed by atoms with E-state index in [9.17, 15) is 0 Å². The predicted octanol–water partition coefficient (Wildman–Crippen LogP) is 5.36. The fourth-order valence-electron chi connectivity index (χ4n) is 2.79. The van der Waals surface area contributed by atoms with Crippen molar-refractivity contribution in [2.45, 2.75) is 72.6 Å². The SMILES string of the molecule is CCCC(CCC1CC1)C(C(C)=N)=C(C)CC. The second kappa shape index (κ2) is 6.98. The molecule has 1 fully saturated rings. The van der Waals surface area contributed by atoms with Crippen molar-refractivity contribution in [1.82, 2.24) is 0 Å². The van der Waals surface area contributed by atoms with Crippen molar-refractivity contribution in [3.05, 3.63) is 11.1 Å². The monoisotopic (exact) mass is 235 g/mol. The lowest BCUT2D eigenvalue weighted by molar-refractivity contribution is 0.482. The quantitative estimate of drug-likeness (QED) is 0.548. The van der Waals surface area contributed by atoms with E-state index in [-0.39, 0.29) is 0 Å². The van der Waals surface area contributed by atoms with Gasteiger partial charge in [-0.25, -0.2) is 0 Å². The lowest BCUT2D eigenvalue weighted by Gasteiger charge is -2.22. The molecule has 1 nitrogen and oxygen atoms in total. The first-order valence-corrected chi connectivity index (χ1v) is 7.35. The van der Waals surface area contributed by atoms with Gasteiger partial charge in [0.25, 0.3) is 0 Å². The van der Waals surface area contributed by atoms with Crippen molar-refractivity contribution in [3.63, 3.8) is 0 Å². The van der Waals surface area contributed by atoms with Crippen molar-refractivity contribution < 1.29 is 0 Å². The molecule has 1 N–H and O–H groups in total. The summed E-state index contributed by atoms with van der Waals surface area (Å²) in [6, 6.07) is 0. The number of nitrogens with one attached hydrogen (secondary N) is 1. The molecule has 0 spiro atoms. The van der Waals surface area contributed by atoms with Crippen LogP contribution in [0.4, 0.5) is 0 Å². The molecule has 0 saturated heterocycles. The Kier molecular flexibility index (Phi) is 5.94. The maximum absolute atomic E-state index is 8.04. The van der Waals surface area contributed by atoms with Crippen LogP contribution in [-0.4, -0.2) is 5.71 Å². The van der Waals surface area contributed by atoms with Gasteiger partial charge in [0.1, 0.15) is 0 Å². The maximum Gasteiger partial charge on any atom is 0.0317 e. The van der Waals surface area contributed by atoms with Crippen molar-refractivity contribution in [2.24, 2.45) is 11.8 Å². The Morgan fingerprint density at radius 3 is 2.24 bits per heavy atom. The van der Waals surface area contributed by atoms with Crippen LogP contribution in [0.3, 0.4) is 0 Å². The lowest BCUT2D eigenvalue weighted by Crippen LogP contribution is -2.13. The maximum atomic E-state index is 8.04. The van der Waals surface area contributed by atoms with Crippen LogP contribution in [-0.2, 0) is 0 Å². The Bertz CT molecular complexity index is 284. The highest BCUT2D eigenvalue weighted by molar-refractivity contribution is 5.96. The molecule has 1 atom stereocenters. The summed E-state index contributed by atoms with van der Waals surface area (Å²) < 4.78 is 0. The molecule has 1 unspecified atom stereocenters. The Hall–Kier alpha value is -0.590. The van der Waals surface area contributed by atoms with Gasteiger partial charge in [0.05, 0.1) is 0 Å². The second-order valence-electron chi connectivity index (χ2n) is 5.68. The lowest BCUT2D eigenvalue weighted by atomic mass is 9.83. The van der Waals surface area contributed by atoms with Crippen LogP contribution < -0.4 is 0 Å². The van der Waals surface area contributed by atoms with Gasteiger partial charge in [0, 0.05) is 5.71 Å². The van der Waals surface area contributed by atoms with Gasteiger partial charge in [-0.3, -0.25) is 0 Å². The summed E-state index contributed by atoms with van der Waals surface area (Å²) in [5.74, 6) is 1.67. The molecule has 0 aromatic carbocycles. The van der Waals surface area contributed by atoms with Crippen molar-refractivity contribution in [2.75, 3.05) is 0 Å². The van der Waals surface area contributed by atoms with E-state index in [0.29, 0.717) is 5.92 Å². The zero-order chi connectivity index (χ0) is 12.8. The van der Waals surface area contributed by atoms with E-state index in [1.54, 1.807) is 0 Å². The molecule has 17 heavy (non-hydrogen) atoms. The summed E-state index contributed by atoms with van der Waals surface area (Å²) >= 11 is 0. The van der Waals surface area contributed by atoms with Gasteiger partial charge in [0.15, 0.2) is 0 Å². The summed E-state index contributed by atoms with van der Waals surface area (Å²) in [5, 5.41) is 8.04. The third-order valence-electron chi connectivity index (χ3n) is 4.06. The molecule has 1 rings (SSSR count). The summed E-state index contributed by atoms with van der Waals surface area (Å²) in [6.07, 6.45) is 9.19. The van der Waals surface area contributed by atoms with E-state index in [4.69, 9.17) is 5.41 Å². The molecule has 0 amide bonds. The van der Waals surface area contributed by atoms with Gasteiger partial charge in [0.2, 0.25) is 0 Å². The zero-order valence-corrected chi connectivity index (χ0v) is 12.1. The fourth-order valence-corrected chi connectivity index (χ4v) is 2.79. The third kappa shape index (κ3) is 4.65. The smallest absolute Gasteiger partial charge is 0.0317 e. The molecule has 0 aliphatic heterocycles. The second-order valence-corrected chi connectivity index (χ2v) is 5.68. The highest BCUT2D eigenvalue weighted by Gasteiger charge is 2.24. The zero-order valence-electron chi connectivity index (χ0n) is 12.1. The van der Waals surface area contributed by atoms with Crippen LogP contribution in [0.5, 0.6) is 0 Å². The minimum Gasteiger partial charge on any atom is -0.305 e. The number of rotatable bonds is 8. The minimum absolute atomic E-state index is 0.651. The minimum atomic E-state index is 0.651. The van der Waals surface area contributed by atoms with Crippen LogP contribution >= 0.6 is 0 Å². The largest absolute Gasteiger partial charge is 0.305 e. The van der Waals surface area contributed by atoms with E-state index in [1.165, 1.54) is 49.7 Å². The summed E-state index contributed by atoms with van der Waals surface area (Å²) in [5.41, 5.74) is 3.61. The molecule has 0 radical (unpaired) electrons. The number of hydrogen-bond donors (Lipinski definition) is 1. The molecular weight excluding hydrogens is 206 g/mol. The number of allylic oxidation sites excluding steroid dienone is 2. The van der Waals surface area contributed by atoms with Gasteiger partial charge >= 0.3 is 0 Å². The molecule has 0 aromatic heterocycles. The van der Waals surface area contributed by atoms with Crippen LogP contribution in [0.2, 0.25) is 0 Å². The molecule has 0 aromatic rings. The summed E-state index contributed by atoms with van der Waals surface area (Å²) in [7, 11) is 0. The highest BCUT2D eigenvalue weighted by atomic mass is 14.4. The van der Waals surface area contributed by atoms with Crippen LogP contribution in [0.15, 0.2) is 11.1 Å².